The molecule has 0 spiro atoms. The topological polar surface area (TPSA) is 77.3 Å². The van der Waals surface area contributed by atoms with Crippen LogP contribution in [0, 0.1) is 13.8 Å². The zero-order valence-corrected chi connectivity index (χ0v) is 16.9. The number of nitrogens with zero attached hydrogens (tertiary/aromatic N) is 2. The van der Waals surface area contributed by atoms with E-state index in [0.717, 1.165) is 33.7 Å². The molecule has 7 heteroatoms. The molecule has 0 saturated carbocycles. The van der Waals surface area contributed by atoms with Gasteiger partial charge in [0.05, 0.1) is 17.3 Å². The summed E-state index contributed by atoms with van der Waals surface area (Å²) < 4.78 is 11.2. The molecule has 0 bridgehead atoms. The van der Waals surface area contributed by atoms with E-state index in [0.29, 0.717) is 23.7 Å². The van der Waals surface area contributed by atoms with Crippen LogP contribution in [0.1, 0.15) is 22.6 Å². The summed E-state index contributed by atoms with van der Waals surface area (Å²) in [5.41, 5.74) is 4.61. The molecule has 0 radical (unpaired) electrons. The maximum atomic E-state index is 12.1. The highest BCUT2D eigenvalue weighted by molar-refractivity contribution is 6.32. The van der Waals surface area contributed by atoms with Gasteiger partial charge in [0.25, 0.3) is 0 Å². The number of carbonyl (C=O) groups excluding carboxylic acids is 1. The Labute approximate surface area is 173 Å². The molecule has 1 unspecified atom stereocenters. The Hall–Kier alpha value is -3.12. The van der Waals surface area contributed by atoms with Crippen LogP contribution in [0.15, 0.2) is 47.3 Å². The monoisotopic (exact) mass is 409 g/mol. The summed E-state index contributed by atoms with van der Waals surface area (Å²) in [6, 6.07) is 7.62. The summed E-state index contributed by atoms with van der Waals surface area (Å²) in [5, 5.41) is 7.43. The number of carbonyl (C=O) groups is 1. The van der Waals surface area contributed by atoms with E-state index < -0.39 is 0 Å². The lowest BCUT2D eigenvalue weighted by atomic mass is 10.00. The summed E-state index contributed by atoms with van der Waals surface area (Å²) in [6.45, 7) is 4.17. The third kappa shape index (κ3) is 4.17. The highest BCUT2D eigenvalue weighted by Gasteiger charge is 2.27. The molecule has 1 aliphatic heterocycles. The summed E-state index contributed by atoms with van der Waals surface area (Å²) in [5.74, 6) is 1.24. The molecule has 0 fully saturated rings. The molecule has 1 amide bonds. The second-order valence-electron chi connectivity index (χ2n) is 6.95. The van der Waals surface area contributed by atoms with Gasteiger partial charge in [0, 0.05) is 36.0 Å². The minimum absolute atomic E-state index is 0.168. The van der Waals surface area contributed by atoms with Crippen LogP contribution in [0.25, 0.3) is 17.2 Å². The summed E-state index contributed by atoms with van der Waals surface area (Å²) in [7, 11) is 0. The number of hydrogen-bond donors (Lipinski definition) is 1. The lowest BCUT2D eigenvalue weighted by Crippen LogP contribution is -2.33. The Bertz CT molecular complexity index is 1060. The molecular weight excluding hydrogens is 390 g/mol. The third-order valence-electron chi connectivity index (χ3n) is 4.79. The van der Waals surface area contributed by atoms with Crippen LogP contribution in [-0.4, -0.2) is 28.7 Å². The number of rotatable bonds is 5. The lowest BCUT2D eigenvalue weighted by molar-refractivity contribution is -0.116. The van der Waals surface area contributed by atoms with Gasteiger partial charge in [-0.25, -0.2) is 0 Å². The maximum absolute atomic E-state index is 12.1. The van der Waals surface area contributed by atoms with Crippen LogP contribution >= 0.6 is 11.6 Å². The predicted molar refractivity (Wildman–Crippen MR) is 111 cm³/mol. The first-order valence-electron chi connectivity index (χ1n) is 9.29. The predicted octanol–water partition coefficient (Wildman–Crippen LogP) is 4.14. The average Bonchev–Trinajstić information content (AvgIpc) is 3.28. The fourth-order valence-electron chi connectivity index (χ4n) is 3.46. The van der Waals surface area contributed by atoms with Crippen molar-refractivity contribution in [2.24, 2.45) is 0 Å². The molecule has 0 aliphatic carbocycles. The van der Waals surface area contributed by atoms with E-state index in [1.807, 2.05) is 32.0 Å². The van der Waals surface area contributed by atoms with Crippen molar-refractivity contribution in [1.29, 1.82) is 0 Å². The van der Waals surface area contributed by atoms with Crippen LogP contribution in [0.5, 0.6) is 5.75 Å². The number of halogens is 1. The molecule has 1 atom stereocenters. The van der Waals surface area contributed by atoms with Crippen LogP contribution in [-0.2, 0) is 11.2 Å². The van der Waals surface area contributed by atoms with Crippen LogP contribution in [0.4, 0.5) is 0 Å². The van der Waals surface area contributed by atoms with E-state index in [-0.39, 0.29) is 12.0 Å². The molecule has 4 rings (SSSR count). The van der Waals surface area contributed by atoms with Gasteiger partial charge in [-0.15, -0.1) is 0 Å². The number of aryl methyl sites for hydroxylation is 2. The van der Waals surface area contributed by atoms with Crippen molar-refractivity contribution in [3.63, 3.8) is 0 Å². The first-order chi connectivity index (χ1) is 14.0. The fourth-order valence-corrected chi connectivity index (χ4v) is 3.74. The van der Waals surface area contributed by atoms with Gasteiger partial charge in [-0.2, -0.15) is 0 Å². The van der Waals surface area contributed by atoms with Crippen molar-refractivity contribution in [3.8, 4) is 16.9 Å². The van der Waals surface area contributed by atoms with E-state index in [4.69, 9.17) is 20.9 Å². The minimum atomic E-state index is -0.184. The number of fused-ring (bicyclic) bond motifs is 1. The normalized spacial score (nSPS) is 15.3. The Balaban J connectivity index is 1.41. The van der Waals surface area contributed by atoms with Gasteiger partial charge in [-0.1, -0.05) is 22.8 Å². The highest BCUT2D eigenvalue weighted by atomic mass is 35.5. The van der Waals surface area contributed by atoms with E-state index in [1.165, 1.54) is 6.08 Å². The Morgan fingerprint density at radius 1 is 1.38 bits per heavy atom. The Morgan fingerprint density at radius 3 is 2.97 bits per heavy atom. The number of amides is 1. The molecular formula is C22H20ClN3O3. The standard InChI is InChI=1S/C22H20ClN3O3/c1-13-21(14(2)29-26-13)16-8-17-9-18(28-22(17)19(23)10-16)12-25-20(27)6-5-15-4-3-7-24-11-15/h3-8,10-11,18H,9,12H2,1-2H3,(H,25,27). The molecule has 3 heterocycles. The number of ether oxygens (including phenoxy) is 1. The van der Waals surface area contributed by atoms with Gasteiger partial charge in [0.2, 0.25) is 5.91 Å². The van der Waals surface area contributed by atoms with E-state index >= 15 is 0 Å². The summed E-state index contributed by atoms with van der Waals surface area (Å²) in [6.07, 6.45) is 7.09. The summed E-state index contributed by atoms with van der Waals surface area (Å²) in [4.78, 5) is 16.1. The number of nitrogens with one attached hydrogen (secondary N) is 1. The molecule has 1 aliphatic rings. The van der Waals surface area contributed by atoms with Gasteiger partial charge in [-0.3, -0.25) is 9.78 Å². The van der Waals surface area contributed by atoms with Gasteiger partial charge in [0.15, 0.2) is 0 Å². The lowest BCUT2D eigenvalue weighted by Gasteiger charge is -2.11. The first kappa shape index (κ1) is 19.2. The largest absolute Gasteiger partial charge is 0.486 e. The quantitative estimate of drug-likeness (QED) is 0.641. The third-order valence-corrected chi connectivity index (χ3v) is 5.07. The van der Waals surface area contributed by atoms with Crippen molar-refractivity contribution in [2.45, 2.75) is 26.4 Å². The van der Waals surface area contributed by atoms with Gasteiger partial charge >= 0.3 is 0 Å². The van der Waals surface area contributed by atoms with Gasteiger partial charge in [0.1, 0.15) is 17.6 Å². The Kier molecular flexibility index (Phi) is 5.36. The van der Waals surface area contributed by atoms with E-state index in [1.54, 1.807) is 18.5 Å². The zero-order chi connectivity index (χ0) is 20.4. The fraction of sp³-hybridized carbons (Fsp3) is 0.227. The van der Waals surface area contributed by atoms with Crippen LogP contribution in [0.3, 0.4) is 0 Å². The zero-order valence-electron chi connectivity index (χ0n) is 16.1. The molecule has 1 N–H and O–H groups in total. The average molecular weight is 410 g/mol. The van der Waals surface area contributed by atoms with E-state index in [2.05, 4.69) is 21.5 Å². The second kappa shape index (κ2) is 8.09. The maximum Gasteiger partial charge on any atom is 0.244 e. The summed E-state index contributed by atoms with van der Waals surface area (Å²) >= 11 is 6.46. The SMILES string of the molecule is Cc1noc(C)c1-c1cc(Cl)c2c(c1)CC(CNC(=O)C=Cc1cccnc1)O2. The van der Waals surface area contributed by atoms with E-state index in [9.17, 15) is 4.79 Å². The molecule has 0 saturated heterocycles. The van der Waals surface area contributed by atoms with Crippen molar-refractivity contribution in [3.05, 3.63) is 70.3 Å². The number of pyridine rings is 1. The number of aromatic nitrogens is 2. The Morgan fingerprint density at radius 2 is 2.24 bits per heavy atom. The number of hydrogen-bond acceptors (Lipinski definition) is 5. The van der Waals surface area contributed by atoms with Crippen molar-refractivity contribution >= 4 is 23.6 Å². The van der Waals surface area contributed by atoms with Gasteiger partial charge < -0.3 is 14.6 Å². The second-order valence-corrected chi connectivity index (χ2v) is 7.36. The minimum Gasteiger partial charge on any atom is -0.486 e. The highest BCUT2D eigenvalue weighted by Crippen LogP contribution is 2.40. The molecule has 2 aromatic heterocycles. The van der Waals surface area contributed by atoms with Crippen molar-refractivity contribution in [1.82, 2.24) is 15.5 Å². The molecule has 148 valence electrons. The molecule has 29 heavy (non-hydrogen) atoms. The molecule has 6 nitrogen and oxygen atoms in total. The van der Waals surface area contributed by atoms with Crippen LogP contribution < -0.4 is 10.1 Å². The molecule has 1 aromatic carbocycles. The van der Waals surface area contributed by atoms with Gasteiger partial charge in [-0.05, 0) is 49.2 Å². The number of benzene rings is 1. The molecule has 3 aromatic rings. The van der Waals surface area contributed by atoms with Crippen molar-refractivity contribution in [2.75, 3.05) is 6.54 Å². The smallest absolute Gasteiger partial charge is 0.244 e. The van der Waals surface area contributed by atoms with Crippen LogP contribution in [0.2, 0.25) is 5.02 Å². The van der Waals surface area contributed by atoms with Crippen molar-refractivity contribution < 1.29 is 14.1 Å². The first-order valence-corrected chi connectivity index (χ1v) is 9.67.